The maximum atomic E-state index is 13.3. The predicted molar refractivity (Wildman–Crippen MR) is 125 cm³/mol. The van der Waals surface area contributed by atoms with Gasteiger partial charge >= 0.3 is 5.69 Å². The van der Waals surface area contributed by atoms with E-state index in [9.17, 15) is 14.4 Å². The number of benzene rings is 2. The number of amides is 1. The van der Waals surface area contributed by atoms with Gasteiger partial charge in [-0.3, -0.25) is 19.1 Å². The molecule has 0 unspecified atom stereocenters. The normalized spacial score (nSPS) is 10.7. The van der Waals surface area contributed by atoms with Gasteiger partial charge < -0.3 is 5.32 Å². The molecule has 0 bridgehead atoms. The second-order valence-electron chi connectivity index (χ2n) is 7.74. The van der Waals surface area contributed by atoms with Gasteiger partial charge in [0.05, 0.1) is 12.2 Å². The second kappa shape index (κ2) is 9.44. The van der Waals surface area contributed by atoms with Gasteiger partial charge in [0, 0.05) is 18.9 Å². The Balaban J connectivity index is 1.80. The van der Waals surface area contributed by atoms with Gasteiger partial charge in [0.15, 0.2) is 0 Å². The molecule has 4 aromatic rings. The van der Waals surface area contributed by atoms with Crippen molar-refractivity contribution in [2.45, 2.75) is 26.9 Å². The highest BCUT2D eigenvalue weighted by atomic mass is 16.2. The summed E-state index contributed by atoms with van der Waals surface area (Å²) in [5.41, 5.74) is 2.26. The number of aryl methyl sites for hydroxylation is 2. The number of nitrogens with zero attached hydrogens (tertiary/aromatic N) is 4. The monoisotopic (exact) mass is 441 g/mol. The van der Waals surface area contributed by atoms with Gasteiger partial charge in [0.2, 0.25) is 5.69 Å². The molecular formula is C25H23N5O3. The van der Waals surface area contributed by atoms with Crippen LogP contribution in [0.25, 0.3) is 5.69 Å². The lowest BCUT2D eigenvalue weighted by atomic mass is 10.1. The summed E-state index contributed by atoms with van der Waals surface area (Å²) in [5.74, 6) is -0.656. The Bertz CT molecular complexity index is 1420. The van der Waals surface area contributed by atoms with Crippen molar-refractivity contribution in [1.29, 1.82) is 0 Å². The molecule has 0 aliphatic rings. The molecule has 0 fully saturated rings. The molecule has 0 saturated heterocycles. The first-order valence-corrected chi connectivity index (χ1v) is 10.5. The lowest BCUT2D eigenvalue weighted by Gasteiger charge is -2.13. The van der Waals surface area contributed by atoms with Crippen LogP contribution in [0.1, 0.15) is 32.7 Å². The van der Waals surface area contributed by atoms with Crippen LogP contribution in [-0.2, 0) is 13.1 Å². The van der Waals surface area contributed by atoms with Crippen molar-refractivity contribution >= 4 is 5.91 Å². The molecule has 0 aliphatic heterocycles. The van der Waals surface area contributed by atoms with Gasteiger partial charge in [0.25, 0.3) is 11.5 Å². The molecule has 8 nitrogen and oxygen atoms in total. The first-order valence-electron chi connectivity index (χ1n) is 10.5. The third-order valence-corrected chi connectivity index (χ3v) is 5.31. The topological polar surface area (TPSA) is 98.9 Å². The highest BCUT2D eigenvalue weighted by molar-refractivity contribution is 5.91. The molecule has 0 radical (unpaired) electrons. The van der Waals surface area contributed by atoms with Gasteiger partial charge in [-0.1, -0.05) is 36.4 Å². The first kappa shape index (κ1) is 21.9. The minimum Gasteiger partial charge on any atom is -0.346 e. The third-order valence-electron chi connectivity index (χ3n) is 5.31. The van der Waals surface area contributed by atoms with Crippen molar-refractivity contribution in [2.75, 3.05) is 0 Å². The molecule has 0 saturated carbocycles. The fourth-order valence-electron chi connectivity index (χ4n) is 3.45. The number of aromatic nitrogens is 4. The molecule has 166 valence electrons. The summed E-state index contributed by atoms with van der Waals surface area (Å²) in [6.07, 6.45) is 3.24. The third kappa shape index (κ3) is 4.79. The summed E-state index contributed by atoms with van der Waals surface area (Å²) in [4.78, 5) is 43.4. The second-order valence-corrected chi connectivity index (χ2v) is 7.74. The molecule has 1 amide bonds. The summed E-state index contributed by atoms with van der Waals surface area (Å²) >= 11 is 0. The van der Waals surface area contributed by atoms with Crippen molar-refractivity contribution in [3.63, 3.8) is 0 Å². The van der Waals surface area contributed by atoms with Gasteiger partial charge in [-0.25, -0.2) is 4.79 Å². The van der Waals surface area contributed by atoms with E-state index in [4.69, 9.17) is 0 Å². The Labute approximate surface area is 190 Å². The first-order chi connectivity index (χ1) is 15.9. The van der Waals surface area contributed by atoms with E-state index in [-0.39, 0.29) is 18.8 Å². The van der Waals surface area contributed by atoms with Crippen molar-refractivity contribution in [2.24, 2.45) is 0 Å². The van der Waals surface area contributed by atoms with E-state index >= 15 is 0 Å². The predicted octanol–water partition coefficient (Wildman–Crippen LogP) is 2.38. The average molecular weight is 441 g/mol. The van der Waals surface area contributed by atoms with E-state index in [1.165, 1.54) is 0 Å². The summed E-state index contributed by atoms with van der Waals surface area (Å²) in [7, 11) is 0. The van der Waals surface area contributed by atoms with E-state index < -0.39 is 17.2 Å². The van der Waals surface area contributed by atoms with Crippen LogP contribution in [0.15, 0.2) is 82.6 Å². The van der Waals surface area contributed by atoms with Crippen molar-refractivity contribution in [3.8, 4) is 5.69 Å². The summed E-state index contributed by atoms with van der Waals surface area (Å²) < 4.78 is 2.16. The smallest absolute Gasteiger partial charge is 0.346 e. The molecule has 2 aromatic heterocycles. The van der Waals surface area contributed by atoms with Crippen molar-refractivity contribution in [1.82, 2.24) is 24.6 Å². The van der Waals surface area contributed by atoms with Crippen LogP contribution < -0.4 is 16.6 Å². The maximum Gasteiger partial charge on any atom is 0.352 e. The van der Waals surface area contributed by atoms with E-state index in [0.717, 1.165) is 31.5 Å². The zero-order valence-electron chi connectivity index (χ0n) is 18.4. The molecular weight excluding hydrogens is 418 g/mol. The Hall–Kier alpha value is -4.33. The van der Waals surface area contributed by atoms with E-state index in [1.807, 2.05) is 44.2 Å². The van der Waals surface area contributed by atoms with E-state index in [0.29, 0.717) is 5.69 Å². The largest absolute Gasteiger partial charge is 0.352 e. The minimum atomic E-state index is -0.737. The SMILES string of the molecule is Cc1cccc(-n2nc(C(=O)NCc3ccncc3)c(=O)n(Cc3ccccc3C)c2=O)c1. The minimum absolute atomic E-state index is 0.0311. The quantitative estimate of drug-likeness (QED) is 0.495. The Morgan fingerprint density at radius 3 is 2.45 bits per heavy atom. The number of pyridine rings is 1. The Kier molecular flexibility index (Phi) is 6.26. The van der Waals surface area contributed by atoms with Crippen LogP contribution in [0.3, 0.4) is 0 Å². The van der Waals surface area contributed by atoms with Gasteiger partial charge in [-0.15, -0.1) is 0 Å². The highest BCUT2D eigenvalue weighted by Crippen LogP contribution is 2.09. The molecule has 4 rings (SSSR count). The van der Waals surface area contributed by atoms with E-state index in [1.54, 1.807) is 42.7 Å². The number of carbonyl (C=O) groups excluding carboxylic acids is 1. The molecule has 0 atom stereocenters. The molecule has 0 spiro atoms. The average Bonchev–Trinajstić information content (AvgIpc) is 2.82. The number of hydrogen-bond donors (Lipinski definition) is 1. The molecule has 2 heterocycles. The maximum absolute atomic E-state index is 13.3. The Morgan fingerprint density at radius 1 is 0.970 bits per heavy atom. The van der Waals surface area contributed by atoms with Crippen LogP contribution in [0.2, 0.25) is 0 Å². The number of carbonyl (C=O) groups is 1. The number of rotatable bonds is 6. The zero-order chi connectivity index (χ0) is 23.4. The van der Waals surface area contributed by atoms with Crippen LogP contribution in [0, 0.1) is 13.8 Å². The van der Waals surface area contributed by atoms with E-state index in [2.05, 4.69) is 15.4 Å². The van der Waals surface area contributed by atoms with Crippen LogP contribution in [-0.4, -0.2) is 25.2 Å². The van der Waals surface area contributed by atoms with Crippen LogP contribution in [0.5, 0.6) is 0 Å². The van der Waals surface area contributed by atoms with Gasteiger partial charge in [-0.05, 0) is 60.4 Å². The standard InChI is InChI=1S/C25H23N5O3/c1-17-6-5-9-21(14-17)30-25(33)29(16-20-8-4-3-7-18(20)2)24(32)22(28-30)23(31)27-15-19-10-12-26-13-11-19/h3-14H,15-16H2,1-2H3,(H,27,31). The van der Waals surface area contributed by atoms with Gasteiger partial charge in [0.1, 0.15) is 0 Å². The van der Waals surface area contributed by atoms with Crippen LogP contribution >= 0.6 is 0 Å². The van der Waals surface area contributed by atoms with Gasteiger partial charge in [-0.2, -0.15) is 9.78 Å². The van der Waals surface area contributed by atoms with Crippen LogP contribution in [0.4, 0.5) is 0 Å². The lowest BCUT2D eigenvalue weighted by molar-refractivity contribution is 0.0941. The molecule has 1 N–H and O–H groups in total. The molecule has 33 heavy (non-hydrogen) atoms. The lowest BCUT2D eigenvalue weighted by Crippen LogP contribution is -2.46. The fourth-order valence-corrected chi connectivity index (χ4v) is 3.45. The molecule has 2 aromatic carbocycles. The fraction of sp³-hybridized carbons (Fsp3) is 0.160. The summed E-state index contributed by atoms with van der Waals surface area (Å²) in [5, 5.41) is 6.88. The summed E-state index contributed by atoms with van der Waals surface area (Å²) in [6, 6.07) is 18.2. The number of hydrogen-bond acceptors (Lipinski definition) is 5. The number of nitrogens with one attached hydrogen (secondary N) is 1. The van der Waals surface area contributed by atoms with Crippen molar-refractivity contribution < 1.29 is 4.79 Å². The molecule has 8 heteroatoms. The highest BCUT2D eigenvalue weighted by Gasteiger charge is 2.20. The summed E-state index contributed by atoms with van der Waals surface area (Å²) in [6.45, 7) is 4.02. The van der Waals surface area contributed by atoms with Crippen molar-refractivity contribution in [3.05, 3.63) is 122 Å². The zero-order valence-corrected chi connectivity index (χ0v) is 18.4. The Morgan fingerprint density at radius 2 is 1.73 bits per heavy atom. The molecule has 0 aliphatic carbocycles.